The highest BCUT2D eigenvalue weighted by molar-refractivity contribution is 9.10. The molecule has 2 rings (SSSR count). The largest absolute Gasteiger partial charge is 0.381 e. The van der Waals surface area contributed by atoms with E-state index in [2.05, 4.69) is 20.9 Å². The number of hydrogen-bond donors (Lipinski definition) is 0. The molecule has 15 heavy (non-hydrogen) atoms. The Morgan fingerprint density at radius 2 is 2.47 bits per heavy atom. The molecule has 0 radical (unpaired) electrons. The second-order valence-electron chi connectivity index (χ2n) is 4.04. The van der Waals surface area contributed by atoms with E-state index in [4.69, 9.17) is 16.3 Å². The van der Waals surface area contributed by atoms with Gasteiger partial charge in [0.25, 0.3) is 0 Å². The molecule has 0 bridgehead atoms. The molecule has 0 aromatic carbocycles. The van der Waals surface area contributed by atoms with Crippen LogP contribution in [-0.2, 0) is 11.2 Å². The van der Waals surface area contributed by atoms with Gasteiger partial charge >= 0.3 is 0 Å². The molecular formula is C11H13BrClNO. The standard InChI is InChI=1S/C11H13BrClNO/c12-9-2-1-4-14-10(9)6-11(7-13)3-5-15-8-11/h1-2,4H,3,5-8H2. The molecule has 1 saturated heterocycles. The molecule has 1 aromatic rings. The average molecular weight is 291 g/mol. The van der Waals surface area contributed by atoms with E-state index in [1.165, 1.54) is 0 Å². The van der Waals surface area contributed by atoms with Gasteiger partial charge in [-0.3, -0.25) is 4.98 Å². The predicted octanol–water partition coefficient (Wildman–Crippen LogP) is 3.03. The molecular weight excluding hydrogens is 277 g/mol. The van der Waals surface area contributed by atoms with E-state index in [1.54, 1.807) is 0 Å². The Kier molecular flexibility index (Phi) is 3.65. The maximum atomic E-state index is 6.04. The van der Waals surface area contributed by atoms with Crippen molar-refractivity contribution in [1.82, 2.24) is 4.98 Å². The molecule has 1 aliphatic rings. The van der Waals surface area contributed by atoms with Gasteiger partial charge in [0.05, 0.1) is 12.3 Å². The zero-order chi connectivity index (χ0) is 10.7. The van der Waals surface area contributed by atoms with E-state index >= 15 is 0 Å². The Balaban J connectivity index is 2.16. The van der Waals surface area contributed by atoms with Crippen LogP contribution in [0.3, 0.4) is 0 Å². The first-order valence-electron chi connectivity index (χ1n) is 4.99. The van der Waals surface area contributed by atoms with Gasteiger partial charge in [-0.25, -0.2) is 0 Å². The van der Waals surface area contributed by atoms with Crippen molar-refractivity contribution >= 4 is 27.5 Å². The number of rotatable bonds is 3. The van der Waals surface area contributed by atoms with Crippen molar-refractivity contribution in [3.8, 4) is 0 Å². The van der Waals surface area contributed by atoms with Crippen molar-refractivity contribution < 1.29 is 4.74 Å². The maximum absolute atomic E-state index is 6.04. The lowest BCUT2D eigenvalue weighted by Gasteiger charge is -2.24. The monoisotopic (exact) mass is 289 g/mol. The first kappa shape index (κ1) is 11.4. The summed E-state index contributed by atoms with van der Waals surface area (Å²) >= 11 is 9.55. The van der Waals surface area contributed by atoms with Gasteiger partial charge in [-0.2, -0.15) is 0 Å². The van der Waals surface area contributed by atoms with Crippen molar-refractivity contribution in [3.05, 3.63) is 28.5 Å². The zero-order valence-electron chi connectivity index (χ0n) is 8.38. The average Bonchev–Trinajstić information content (AvgIpc) is 2.71. The molecule has 2 nitrogen and oxygen atoms in total. The molecule has 1 aliphatic heterocycles. The van der Waals surface area contributed by atoms with Gasteiger partial charge in [0.1, 0.15) is 0 Å². The lowest BCUT2D eigenvalue weighted by atomic mass is 9.84. The number of aromatic nitrogens is 1. The van der Waals surface area contributed by atoms with E-state index in [0.717, 1.165) is 36.2 Å². The Bertz CT molecular complexity index is 339. The molecule has 0 amide bonds. The van der Waals surface area contributed by atoms with Crippen LogP contribution in [0.2, 0.25) is 0 Å². The van der Waals surface area contributed by atoms with Crippen LogP contribution in [0.15, 0.2) is 22.8 Å². The summed E-state index contributed by atoms with van der Waals surface area (Å²) < 4.78 is 6.49. The summed E-state index contributed by atoms with van der Waals surface area (Å²) in [6, 6.07) is 3.94. The fourth-order valence-corrected chi connectivity index (χ4v) is 2.55. The van der Waals surface area contributed by atoms with E-state index < -0.39 is 0 Å². The van der Waals surface area contributed by atoms with Gasteiger partial charge in [0, 0.05) is 28.6 Å². The zero-order valence-corrected chi connectivity index (χ0v) is 10.7. The highest BCUT2D eigenvalue weighted by Crippen LogP contribution is 2.34. The second-order valence-corrected chi connectivity index (χ2v) is 5.17. The topological polar surface area (TPSA) is 22.1 Å². The Hall–Kier alpha value is -0.120. The van der Waals surface area contributed by atoms with Crippen LogP contribution < -0.4 is 0 Å². The van der Waals surface area contributed by atoms with Gasteiger partial charge < -0.3 is 4.74 Å². The minimum absolute atomic E-state index is 0.0818. The van der Waals surface area contributed by atoms with E-state index in [0.29, 0.717) is 5.88 Å². The molecule has 1 unspecified atom stereocenters. The fraction of sp³-hybridized carbons (Fsp3) is 0.545. The summed E-state index contributed by atoms with van der Waals surface area (Å²) in [6.45, 7) is 1.57. The minimum Gasteiger partial charge on any atom is -0.381 e. The third-order valence-corrected chi connectivity index (χ3v) is 4.13. The number of pyridine rings is 1. The van der Waals surface area contributed by atoms with E-state index in [-0.39, 0.29) is 5.41 Å². The molecule has 0 aliphatic carbocycles. The molecule has 4 heteroatoms. The summed E-state index contributed by atoms with van der Waals surface area (Å²) in [4.78, 5) is 4.37. The van der Waals surface area contributed by atoms with E-state index in [1.807, 2.05) is 18.3 Å². The predicted molar refractivity (Wildman–Crippen MR) is 64.2 cm³/mol. The highest BCUT2D eigenvalue weighted by Gasteiger charge is 2.35. The van der Waals surface area contributed by atoms with Crippen molar-refractivity contribution in [2.75, 3.05) is 19.1 Å². The lowest BCUT2D eigenvalue weighted by Crippen LogP contribution is -2.26. The smallest absolute Gasteiger partial charge is 0.0552 e. The molecule has 0 spiro atoms. The lowest BCUT2D eigenvalue weighted by molar-refractivity contribution is 0.160. The van der Waals surface area contributed by atoms with Crippen molar-refractivity contribution in [2.45, 2.75) is 12.8 Å². The maximum Gasteiger partial charge on any atom is 0.0552 e. The van der Waals surface area contributed by atoms with Crippen LogP contribution in [0.5, 0.6) is 0 Å². The summed E-state index contributed by atoms with van der Waals surface area (Å²) in [5, 5.41) is 0. The van der Waals surface area contributed by atoms with Crippen LogP contribution in [0.1, 0.15) is 12.1 Å². The van der Waals surface area contributed by atoms with Gasteiger partial charge in [0.15, 0.2) is 0 Å². The number of alkyl halides is 1. The summed E-state index contributed by atoms with van der Waals surface area (Å²) in [5.74, 6) is 0.635. The summed E-state index contributed by atoms with van der Waals surface area (Å²) in [6.07, 6.45) is 3.73. The highest BCUT2D eigenvalue weighted by atomic mass is 79.9. The number of hydrogen-bond acceptors (Lipinski definition) is 2. The normalized spacial score (nSPS) is 25.7. The van der Waals surface area contributed by atoms with E-state index in [9.17, 15) is 0 Å². The molecule has 1 aromatic heterocycles. The SMILES string of the molecule is ClCC1(Cc2ncccc2Br)CCOC1. The van der Waals surface area contributed by atoms with Crippen molar-refractivity contribution in [1.29, 1.82) is 0 Å². The fourth-order valence-electron chi connectivity index (χ4n) is 1.85. The molecule has 2 heterocycles. The van der Waals surface area contributed by atoms with Crippen LogP contribution in [-0.4, -0.2) is 24.1 Å². The molecule has 1 fully saturated rings. The van der Waals surface area contributed by atoms with Crippen molar-refractivity contribution in [3.63, 3.8) is 0 Å². The minimum atomic E-state index is 0.0818. The Morgan fingerprint density at radius 3 is 3.07 bits per heavy atom. The van der Waals surface area contributed by atoms with Crippen LogP contribution >= 0.6 is 27.5 Å². The van der Waals surface area contributed by atoms with Crippen molar-refractivity contribution in [2.24, 2.45) is 5.41 Å². The van der Waals surface area contributed by atoms with Gasteiger partial charge in [0.2, 0.25) is 0 Å². The molecule has 1 atom stereocenters. The van der Waals surface area contributed by atoms with Crippen LogP contribution in [0, 0.1) is 5.41 Å². The Morgan fingerprint density at radius 1 is 1.60 bits per heavy atom. The molecule has 0 N–H and O–H groups in total. The second kappa shape index (κ2) is 4.81. The van der Waals surface area contributed by atoms with Gasteiger partial charge in [-0.15, -0.1) is 11.6 Å². The number of nitrogens with zero attached hydrogens (tertiary/aromatic N) is 1. The quantitative estimate of drug-likeness (QED) is 0.798. The third-order valence-electron chi connectivity index (χ3n) is 2.85. The number of halogens is 2. The van der Waals surface area contributed by atoms with Gasteiger partial charge in [-0.1, -0.05) is 0 Å². The Labute approximate surface area is 103 Å². The summed E-state index contributed by atoms with van der Waals surface area (Å²) in [7, 11) is 0. The summed E-state index contributed by atoms with van der Waals surface area (Å²) in [5.41, 5.74) is 1.15. The molecule has 0 saturated carbocycles. The first-order chi connectivity index (χ1) is 7.26. The number of ether oxygens (including phenoxy) is 1. The first-order valence-corrected chi connectivity index (χ1v) is 6.32. The van der Waals surface area contributed by atoms with Gasteiger partial charge in [-0.05, 0) is 40.9 Å². The molecule has 82 valence electrons. The third kappa shape index (κ3) is 2.52. The van der Waals surface area contributed by atoms with Crippen LogP contribution in [0.4, 0.5) is 0 Å². The van der Waals surface area contributed by atoms with Crippen LogP contribution in [0.25, 0.3) is 0 Å².